The molecule has 0 rings (SSSR count). The lowest BCUT2D eigenvalue weighted by molar-refractivity contribution is -0.141. The molecular weight excluding hydrogens is 366 g/mol. The Hall–Kier alpha value is -1.87. The monoisotopic (exact) mass is 403 g/mol. The summed E-state index contributed by atoms with van der Waals surface area (Å²) < 4.78 is 15.4. The van der Waals surface area contributed by atoms with E-state index >= 15 is 0 Å². The summed E-state index contributed by atoms with van der Waals surface area (Å²) in [7, 11) is 1.44. The van der Waals surface area contributed by atoms with Crippen molar-refractivity contribution in [3.05, 3.63) is 0 Å². The topological polar surface area (TPSA) is 115 Å². The number of alkyl carbamates (subject to hydrolysis) is 1. The van der Waals surface area contributed by atoms with E-state index < -0.39 is 17.8 Å². The van der Waals surface area contributed by atoms with Crippen LogP contribution in [0.2, 0.25) is 0 Å². The SMILES string of the molecule is CCCC(=O)NCC(C)(C)CNC(=O)C(CNC(=O)OC(C)(C)C)OCOC. The van der Waals surface area contributed by atoms with Crippen molar-refractivity contribution in [2.45, 2.75) is 66.1 Å². The Morgan fingerprint density at radius 1 is 0.964 bits per heavy atom. The average molecular weight is 404 g/mol. The van der Waals surface area contributed by atoms with Gasteiger partial charge in [0.15, 0.2) is 6.10 Å². The van der Waals surface area contributed by atoms with E-state index in [2.05, 4.69) is 16.0 Å². The zero-order chi connectivity index (χ0) is 21.8. The summed E-state index contributed by atoms with van der Waals surface area (Å²) in [5, 5.41) is 8.18. The van der Waals surface area contributed by atoms with Gasteiger partial charge < -0.3 is 30.2 Å². The van der Waals surface area contributed by atoms with E-state index in [0.717, 1.165) is 6.42 Å². The Morgan fingerprint density at radius 2 is 1.57 bits per heavy atom. The second-order valence-electron chi connectivity index (χ2n) is 8.35. The number of ether oxygens (including phenoxy) is 3. The zero-order valence-corrected chi connectivity index (χ0v) is 18.3. The maximum Gasteiger partial charge on any atom is 0.407 e. The highest BCUT2D eigenvalue weighted by atomic mass is 16.7. The molecule has 0 radical (unpaired) electrons. The van der Waals surface area contributed by atoms with Crippen LogP contribution in [0.1, 0.15) is 54.4 Å². The molecular formula is C19H37N3O6. The van der Waals surface area contributed by atoms with Crippen LogP contribution in [-0.2, 0) is 23.8 Å². The van der Waals surface area contributed by atoms with Crippen LogP contribution in [0.25, 0.3) is 0 Å². The van der Waals surface area contributed by atoms with Gasteiger partial charge in [-0.2, -0.15) is 0 Å². The molecule has 0 aliphatic heterocycles. The third kappa shape index (κ3) is 13.3. The number of hydrogen-bond acceptors (Lipinski definition) is 6. The minimum Gasteiger partial charge on any atom is -0.444 e. The number of amides is 3. The van der Waals surface area contributed by atoms with E-state index in [0.29, 0.717) is 19.5 Å². The van der Waals surface area contributed by atoms with E-state index in [1.54, 1.807) is 20.8 Å². The number of rotatable bonds is 12. The fraction of sp³-hybridized carbons (Fsp3) is 0.842. The van der Waals surface area contributed by atoms with Gasteiger partial charge >= 0.3 is 6.09 Å². The Morgan fingerprint density at radius 3 is 2.11 bits per heavy atom. The summed E-state index contributed by atoms with van der Waals surface area (Å²) >= 11 is 0. The molecule has 0 saturated carbocycles. The fourth-order valence-corrected chi connectivity index (χ4v) is 2.02. The first kappa shape index (κ1) is 26.1. The lowest BCUT2D eigenvalue weighted by atomic mass is 9.93. The van der Waals surface area contributed by atoms with E-state index in [1.165, 1.54) is 7.11 Å². The van der Waals surface area contributed by atoms with E-state index in [9.17, 15) is 14.4 Å². The Kier molecular flexibility index (Phi) is 11.7. The van der Waals surface area contributed by atoms with Crippen molar-refractivity contribution in [2.24, 2.45) is 5.41 Å². The summed E-state index contributed by atoms with van der Waals surface area (Å²) in [4.78, 5) is 35.9. The Bertz CT molecular complexity index is 502. The molecule has 0 saturated heterocycles. The van der Waals surface area contributed by atoms with Gasteiger partial charge in [-0.25, -0.2) is 4.79 Å². The lowest BCUT2D eigenvalue weighted by Gasteiger charge is -2.27. The van der Waals surface area contributed by atoms with Crippen molar-refractivity contribution in [2.75, 3.05) is 33.5 Å². The fourth-order valence-electron chi connectivity index (χ4n) is 2.02. The van der Waals surface area contributed by atoms with Crippen LogP contribution in [0, 0.1) is 5.41 Å². The third-order valence-corrected chi connectivity index (χ3v) is 3.49. The molecule has 0 fully saturated rings. The minimum absolute atomic E-state index is 0.00948. The molecule has 9 nitrogen and oxygen atoms in total. The first-order chi connectivity index (χ1) is 12.9. The molecule has 9 heteroatoms. The van der Waals surface area contributed by atoms with Crippen LogP contribution in [-0.4, -0.2) is 63.1 Å². The van der Waals surface area contributed by atoms with Gasteiger partial charge in [0.2, 0.25) is 5.91 Å². The molecule has 0 heterocycles. The van der Waals surface area contributed by atoms with Crippen molar-refractivity contribution in [1.29, 1.82) is 0 Å². The van der Waals surface area contributed by atoms with Crippen molar-refractivity contribution in [3.8, 4) is 0 Å². The lowest BCUT2D eigenvalue weighted by Crippen LogP contribution is -2.49. The first-order valence-electron chi connectivity index (χ1n) is 9.52. The maximum atomic E-state index is 12.5. The molecule has 0 aliphatic carbocycles. The number of carbonyl (C=O) groups excluding carboxylic acids is 3. The highest BCUT2D eigenvalue weighted by Crippen LogP contribution is 2.12. The van der Waals surface area contributed by atoms with E-state index in [-0.39, 0.29) is 30.6 Å². The van der Waals surface area contributed by atoms with E-state index in [1.807, 2.05) is 20.8 Å². The Balaban J connectivity index is 4.58. The average Bonchev–Trinajstić information content (AvgIpc) is 2.57. The van der Waals surface area contributed by atoms with Gasteiger partial charge in [-0.1, -0.05) is 20.8 Å². The van der Waals surface area contributed by atoms with Crippen molar-refractivity contribution < 1.29 is 28.6 Å². The van der Waals surface area contributed by atoms with Gasteiger partial charge in [0.25, 0.3) is 5.91 Å². The summed E-state index contributed by atoms with van der Waals surface area (Å²) in [6, 6.07) is 0. The van der Waals surface area contributed by atoms with Crippen molar-refractivity contribution >= 4 is 17.9 Å². The smallest absolute Gasteiger partial charge is 0.407 e. The minimum atomic E-state index is -0.932. The molecule has 1 unspecified atom stereocenters. The van der Waals surface area contributed by atoms with Crippen molar-refractivity contribution in [3.63, 3.8) is 0 Å². The largest absolute Gasteiger partial charge is 0.444 e. The van der Waals surface area contributed by atoms with Crippen LogP contribution in [0.5, 0.6) is 0 Å². The van der Waals surface area contributed by atoms with Crippen LogP contribution >= 0.6 is 0 Å². The summed E-state index contributed by atoms with van der Waals surface area (Å²) in [6.07, 6.45) is -0.305. The highest BCUT2D eigenvalue weighted by Gasteiger charge is 2.25. The molecule has 0 aliphatic rings. The van der Waals surface area contributed by atoms with Crippen LogP contribution in [0.15, 0.2) is 0 Å². The maximum absolute atomic E-state index is 12.5. The van der Waals surface area contributed by atoms with Gasteiger partial charge in [0.1, 0.15) is 12.4 Å². The third-order valence-electron chi connectivity index (χ3n) is 3.49. The summed E-state index contributed by atoms with van der Waals surface area (Å²) in [6.45, 7) is 11.7. The quantitative estimate of drug-likeness (QED) is 0.426. The van der Waals surface area contributed by atoms with Crippen LogP contribution < -0.4 is 16.0 Å². The Labute approximate surface area is 168 Å². The molecule has 0 aromatic rings. The molecule has 28 heavy (non-hydrogen) atoms. The highest BCUT2D eigenvalue weighted by molar-refractivity contribution is 5.81. The predicted octanol–water partition coefficient (Wildman–Crippen LogP) is 1.56. The van der Waals surface area contributed by atoms with Gasteiger partial charge in [0.05, 0.1) is 6.54 Å². The standard InChI is InChI=1S/C19H37N3O6/c1-8-9-15(23)21-11-19(5,6)12-22-16(24)14(27-13-26-7)10-20-17(25)28-18(2,3)4/h14H,8-13H2,1-7H3,(H,20,25)(H,21,23)(H,22,24). The first-order valence-corrected chi connectivity index (χ1v) is 9.52. The molecule has 3 N–H and O–H groups in total. The van der Waals surface area contributed by atoms with Crippen LogP contribution in [0.3, 0.4) is 0 Å². The number of methoxy groups -OCH3 is 1. The molecule has 0 spiro atoms. The molecule has 3 amide bonds. The predicted molar refractivity (Wildman–Crippen MR) is 106 cm³/mol. The normalized spacial score (nSPS) is 12.8. The van der Waals surface area contributed by atoms with E-state index in [4.69, 9.17) is 14.2 Å². The molecule has 0 aromatic carbocycles. The molecule has 0 bridgehead atoms. The van der Waals surface area contributed by atoms with Gasteiger partial charge in [-0.05, 0) is 32.6 Å². The summed E-state index contributed by atoms with van der Waals surface area (Å²) in [5.41, 5.74) is -0.981. The number of carbonyl (C=O) groups is 3. The second kappa shape index (κ2) is 12.6. The van der Waals surface area contributed by atoms with Gasteiger partial charge in [-0.15, -0.1) is 0 Å². The van der Waals surface area contributed by atoms with Gasteiger partial charge in [-0.3, -0.25) is 9.59 Å². The summed E-state index contributed by atoms with van der Waals surface area (Å²) in [5.74, 6) is -0.397. The van der Waals surface area contributed by atoms with Gasteiger partial charge in [0, 0.05) is 26.6 Å². The second-order valence-corrected chi connectivity index (χ2v) is 8.35. The van der Waals surface area contributed by atoms with Crippen LogP contribution in [0.4, 0.5) is 4.79 Å². The molecule has 1 atom stereocenters. The zero-order valence-electron chi connectivity index (χ0n) is 18.3. The number of nitrogens with one attached hydrogen (secondary N) is 3. The number of hydrogen-bond donors (Lipinski definition) is 3. The molecule has 164 valence electrons. The van der Waals surface area contributed by atoms with Crippen molar-refractivity contribution in [1.82, 2.24) is 16.0 Å². The molecule has 0 aromatic heterocycles.